The van der Waals surface area contributed by atoms with Gasteiger partial charge in [0.1, 0.15) is 0 Å². The Morgan fingerprint density at radius 1 is 1.41 bits per heavy atom. The first-order chi connectivity index (χ1) is 8.16. The maximum absolute atomic E-state index is 4.18. The number of aromatic nitrogens is 2. The van der Waals surface area contributed by atoms with Crippen LogP contribution < -0.4 is 5.32 Å². The lowest BCUT2D eigenvalue weighted by Gasteiger charge is -2.35. The van der Waals surface area contributed by atoms with Gasteiger partial charge in [-0.15, -0.1) is 0 Å². The third-order valence-corrected chi connectivity index (χ3v) is 3.75. The summed E-state index contributed by atoms with van der Waals surface area (Å²) >= 11 is 0. The zero-order chi connectivity index (χ0) is 12.3. The Morgan fingerprint density at radius 3 is 2.65 bits per heavy atom. The van der Waals surface area contributed by atoms with Gasteiger partial charge in [-0.1, -0.05) is 0 Å². The second kappa shape index (κ2) is 5.65. The van der Waals surface area contributed by atoms with Gasteiger partial charge in [0.15, 0.2) is 0 Å². The van der Waals surface area contributed by atoms with Crippen LogP contribution in [-0.4, -0.2) is 39.9 Å². The minimum Gasteiger partial charge on any atom is -0.308 e. The third-order valence-electron chi connectivity index (χ3n) is 3.75. The van der Waals surface area contributed by atoms with Crippen molar-refractivity contribution in [2.75, 3.05) is 13.1 Å². The molecule has 96 valence electrons. The van der Waals surface area contributed by atoms with Gasteiger partial charge >= 0.3 is 0 Å². The van der Waals surface area contributed by atoms with E-state index in [-0.39, 0.29) is 0 Å². The minimum absolute atomic E-state index is 0.667. The van der Waals surface area contributed by atoms with Crippen molar-refractivity contribution in [2.45, 2.75) is 45.3 Å². The van der Waals surface area contributed by atoms with Gasteiger partial charge in [0.25, 0.3) is 0 Å². The van der Waals surface area contributed by atoms with Crippen molar-refractivity contribution < 1.29 is 0 Å². The molecule has 4 heteroatoms. The Kier molecular flexibility index (Phi) is 4.18. The molecule has 17 heavy (non-hydrogen) atoms. The molecule has 1 aliphatic heterocycles. The van der Waals surface area contributed by atoms with Crippen LogP contribution in [0, 0.1) is 0 Å². The molecule has 0 atom stereocenters. The van der Waals surface area contributed by atoms with E-state index in [1.54, 1.807) is 0 Å². The predicted octanol–water partition coefficient (Wildman–Crippen LogP) is 1.38. The Labute approximate surface area is 104 Å². The maximum Gasteiger partial charge on any atom is 0.0518 e. The Bertz CT molecular complexity index is 337. The lowest BCUT2D eigenvalue weighted by Crippen LogP contribution is -2.44. The zero-order valence-corrected chi connectivity index (χ0v) is 11.2. The Hall–Kier alpha value is -0.870. The van der Waals surface area contributed by atoms with Gasteiger partial charge in [0.2, 0.25) is 0 Å². The topological polar surface area (TPSA) is 33.1 Å². The van der Waals surface area contributed by atoms with Crippen molar-refractivity contribution in [3.63, 3.8) is 0 Å². The molecule has 0 spiro atoms. The van der Waals surface area contributed by atoms with E-state index in [9.17, 15) is 0 Å². The summed E-state index contributed by atoms with van der Waals surface area (Å²) in [5.41, 5.74) is 1.26. The van der Waals surface area contributed by atoms with E-state index in [4.69, 9.17) is 0 Å². The van der Waals surface area contributed by atoms with Crippen LogP contribution >= 0.6 is 0 Å². The van der Waals surface area contributed by atoms with Crippen LogP contribution in [0.5, 0.6) is 0 Å². The van der Waals surface area contributed by atoms with E-state index in [1.807, 2.05) is 17.9 Å². The van der Waals surface area contributed by atoms with Crippen LogP contribution in [-0.2, 0) is 13.6 Å². The van der Waals surface area contributed by atoms with E-state index in [1.165, 1.54) is 31.6 Å². The Balaban J connectivity index is 1.74. The molecule has 2 rings (SSSR count). The molecule has 1 saturated heterocycles. The minimum atomic E-state index is 0.667. The summed E-state index contributed by atoms with van der Waals surface area (Å²) in [5, 5.41) is 7.82. The van der Waals surface area contributed by atoms with Crippen molar-refractivity contribution in [1.82, 2.24) is 20.0 Å². The van der Waals surface area contributed by atoms with Crippen molar-refractivity contribution in [1.29, 1.82) is 0 Å². The molecule has 0 aromatic carbocycles. The molecule has 1 aromatic heterocycles. The largest absolute Gasteiger partial charge is 0.308 e. The van der Waals surface area contributed by atoms with E-state index in [0.29, 0.717) is 12.1 Å². The van der Waals surface area contributed by atoms with Gasteiger partial charge in [-0.3, -0.25) is 4.68 Å². The first kappa shape index (κ1) is 12.6. The average molecular weight is 236 g/mol. The third kappa shape index (κ3) is 3.30. The highest BCUT2D eigenvalue weighted by molar-refractivity contribution is 4.99. The highest BCUT2D eigenvalue weighted by Gasteiger charge is 2.20. The summed E-state index contributed by atoms with van der Waals surface area (Å²) in [6.07, 6.45) is 4.38. The van der Waals surface area contributed by atoms with Crippen LogP contribution in [0.25, 0.3) is 0 Å². The number of aryl methyl sites for hydroxylation is 1. The SMILES string of the molecule is CC(C)N1CCC(NCc2ccnn2C)CC1. The van der Waals surface area contributed by atoms with Crippen molar-refractivity contribution in [2.24, 2.45) is 7.05 Å². The first-order valence-electron chi connectivity index (χ1n) is 6.61. The lowest BCUT2D eigenvalue weighted by atomic mass is 10.0. The van der Waals surface area contributed by atoms with Crippen LogP contribution in [0.4, 0.5) is 0 Å². The molecule has 1 N–H and O–H groups in total. The highest BCUT2D eigenvalue weighted by Crippen LogP contribution is 2.13. The van der Waals surface area contributed by atoms with Crippen LogP contribution in [0.2, 0.25) is 0 Å². The molecule has 0 radical (unpaired) electrons. The standard InChI is InChI=1S/C13H24N4/c1-11(2)17-8-5-12(6-9-17)14-10-13-4-7-15-16(13)3/h4,7,11-12,14H,5-6,8-10H2,1-3H3. The molecule has 0 saturated carbocycles. The van der Waals surface area contributed by atoms with Gasteiger partial charge in [-0.2, -0.15) is 5.10 Å². The molecule has 0 bridgehead atoms. The molecular weight excluding hydrogens is 212 g/mol. The van der Waals surface area contributed by atoms with Crippen molar-refractivity contribution in [3.8, 4) is 0 Å². The fourth-order valence-corrected chi connectivity index (χ4v) is 2.44. The van der Waals surface area contributed by atoms with Crippen molar-refractivity contribution in [3.05, 3.63) is 18.0 Å². The molecule has 1 fully saturated rings. The molecule has 0 unspecified atom stereocenters. The maximum atomic E-state index is 4.18. The van der Waals surface area contributed by atoms with Crippen LogP contribution in [0.3, 0.4) is 0 Å². The van der Waals surface area contributed by atoms with Gasteiger partial charge in [-0.05, 0) is 45.8 Å². The van der Waals surface area contributed by atoms with Gasteiger partial charge in [-0.25, -0.2) is 0 Å². The van der Waals surface area contributed by atoms with E-state index >= 15 is 0 Å². The number of hydrogen-bond acceptors (Lipinski definition) is 3. The highest BCUT2D eigenvalue weighted by atomic mass is 15.3. The van der Waals surface area contributed by atoms with Crippen LogP contribution in [0.1, 0.15) is 32.4 Å². The molecule has 1 aromatic rings. The van der Waals surface area contributed by atoms with E-state index in [2.05, 4.69) is 35.2 Å². The second-order valence-corrected chi connectivity index (χ2v) is 5.23. The number of piperidine rings is 1. The lowest BCUT2D eigenvalue weighted by molar-refractivity contribution is 0.160. The monoisotopic (exact) mass is 236 g/mol. The molecule has 1 aliphatic rings. The summed E-state index contributed by atoms with van der Waals surface area (Å²) in [7, 11) is 2.00. The normalized spacial score (nSPS) is 19.1. The van der Waals surface area contributed by atoms with Crippen LogP contribution in [0.15, 0.2) is 12.3 Å². The van der Waals surface area contributed by atoms with E-state index in [0.717, 1.165) is 6.54 Å². The van der Waals surface area contributed by atoms with Gasteiger partial charge in [0, 0.05) is 31.9 Å². The summed E-state index contributed by atoms with van der Waals surface area (Å²) < 4.78 is 1.94. The predicted molar refractivity (Wildman–Crippen MR) is 69.8 cm³/mol. The number of hydrogen-bond donors (Lipinski definition) is 1. The van der Waals surface area contributed by atoms with Crippen molar-refractivity contribution >= 4 is 0 Å². The quantitative estimate of drug-likeness (QED) is 0.857. The molecular formula is C13H24N4. The first-order valence-corrected chi connectivity index (χ1v) is 6.61. The van der Waals surface area contributed by atoms with E-state index < -0.39 is 0 Å². The summed E-state index contributed by atoms with van der Waals surface area (Å²) in [6, 6.07) is 3.43. The van der Waals surface area contributed by atoms with Gasteiger partial charge in [0.05, 0.1) is 5.69 Å². The fraction of sp³-hybridized carbons (Fsp3) is 0.769. The van der Waals surface area contributed by atoms with Gasteiger partial charge < -0.3 is 10.2 Å². The second-order valence-electron chi connectivity index (χ2n) is 5.23. The number of rotatable bonds is 4. The number of likely N-dealkylation sites (tertiary alicyclic amines) is 1. The molecule has 0 aliphatic carbocycles. The molecule has 2 heterocycles. The summed E-state index contributed by atoms with van der Waals surface area (Å²) in [4.78, 5) is 2.56. The number of nitrogens with zero attached hydrogens (tertiary/aromatic N) is 3. The Morgan fingerprint density at radius 2 is 2.12 bits per heavy atom. The zero-order valence-electron chi connectivity index (χ0n) is 11.2. The molecule has 4 nitrogen and oxygen atoms in total. The summed E-state index contributed by atoms with van der Waals surface area (Å²) in [6.45, 7) is 7.94. The number of nitrogens with one attached hydrogen (secondary N) is 1. The average Bonchev–Trinajstić information content (AvgIpc) is 2.73. The summed E-state index contributed by atoms with van der Waals surface area (Å²) in [5.74, 6) is 0. The molecule has 0 amide bonds. The smallest absolute Gasteiger partial charge is 0.0518 e. The fourth-order valence-electron chi connectivity index (χ4n) is 2.44.